The summed E-state index contributed by atoms with van der Waals surface area (Å²) in [7, 11) is 0. The second kappa shape index (κ2) is 7.81. The summed E-state index contributed by atoms with van der Waals surface area (Å²) in [5.41, 5.74) is 1.43. The van der Waals surface area contributed by atoms with Crippen LogP contribution in [0.25, 0.3) is 11.4 Å². The molecule has 1 aromatic heterocycles. The molecule has 1 heterocycles. The number of anilines is 1. The van der Waals surface area contributed by atoms with E-state index in [1.165, 1.54) is 0 Å². The lowest BCUT2D eigenvalue weighted by molar-refractivity contribution is -0.116. The molecule has 0 unspecified atom stereocenters. The maximum Gasteiger partial charge on any atom is 0.227 e. The second-order valence-electron chi connectivity index (χ2n) is 5.32. The van der Waals surface area contributed by atoms with Gasteiger partial charge in [-0.2, -0.15) is 4.98 Å². The van der Waals surface area contributed by atoms with E-state index in [1.54, 1.807) is 43.3 Å². The van der Waals surface area contributed by atoms with Crippen molar-refractivity contribution in [2.45, 2.75) is 13.3 Å². The highest BCUT2D eigenvalue weighted by molar-refractivity contribution is 6.30. The third-order valence-electron chi connectivity index (χ3n) is 3.33. The van der Waals surface area contributed by atoms with Crippen molar-refractivity contribution in [1.82, 2.24) is 10.1 Å². The monoisotopic (exact) mass is 357 g/mol. The van der Waals surface area contributed by atoms with Crippen LogP contribution >= 0.6 is 11.6 Å². The highest BCUT2D eigenvalue weighted by Crippen LogP contribution is 2.20. The van der Waals surface area contributed by atoms with Gasteiger partial charge < -0.3 is 14.6 Å². The van der Waals surface area contributed by atoms with Gasteiger partial charge in [0.05, 0.1) is 13.0 Å². The number of nitrogens with one attached hydrogen (secondary N) is 1. The lowest BCUT2D eigenvalue weighted by atomic mass is 10.2. The van der Waals surface area contributed by atoms with Crippen LogP contribution in [-0.4, -0.2) is 22.7 Å². The summed E-state index contributed by atoms with van der Waals surface area (Å²) in [5.74, 6) is 1.46. The standard InChI is InChI=1S/C18H16ClN3O3/c1-12-20-18(22-25-12)13-4-2-6-15(10-13)21-17(23)8-9-24-16-7-3-5-14(19)11-16/h2-7,10-11H,8-9H2,1H3,(H,21,23). The zero-order valence-electron chi connectivity index (χ0n) is 13.5. The Bertz CT molecular complexity index is 879. The summed E-state index contributed by atoms with van der Waals surface area (Å²) in [4.78, 5) is 16.2. The Labute approximate surface area is 149 Å². The summed E-state index contributed by atoms with van der Waals surface area (Å²) in [6, 6.07) is 14.3. The molecule has 7 heteroatoms. The molecule has 3 aromatic rings. The first-order valence-corrected chi connectivity index (χ1v) is 8.07. The number of carbonyl (C=O) groups is 1. The molecule has 0 aliphatic carbocycles. The van der Waals surface area contributed by atoms with E-state index in [-0.39, 0.29) is 18.9 Å². The summed E-state index contributed by atoms with van der Waals surface area (Å²) >= 11 is 5.88. The average molecular weight is 358 g/mol. The normalized spacial score (nSPS) is 10.5. The predicted octanol–water partition coefficient (Wildman–Crippen LogP) is 4.11. The molecule has 0 atom stereocenters. The molecule has 0 radical (unpaired) electrons. The molecule has 0 aliphatic heterocycles. The van der Waals surface area contributed by atoms with E-state index in [0.29, 0.717) is 28.2 Å². The van der Waals surface area contributed by atoms with Gasteiger partial charge >= 0.3 is 0 Å². The van der Waals surface area contributed by atoms with E-state index in [9.17, 15) is 4.79 Å². The van der Waals surface area contributed by atoms with E-state index in [1.807, 2.05) is 12.1 Å². The quantitative estimate of drug-likeness (QED) is 0.718. The predicted molar refractivity (Wildman–Crippen MR) is 94.7 cm³/mol. The van der Waals surface area contributed by atoms with Crippen molar-refractivity contribution >= 4 is 23.2 Å². The van der Waals surface area contributed by atoms with Gasteiger partial charge in [0.1, 0.15) is 5.75 Å². The number of hydrogen-bond acceptors (Lipinski definition) is 5. The molecule has 6 nitrogen and oxygen atoms in total. The number of halogens is 1. The first-order chi connectivity index (χ1) is 12.1. The third kappa shape index (κ3) is 4.81. The molecule has 3 rings (SSSR count). The van der Waals surface area contributed by atoms with Crippen molar-refractivity contribution in [2.24, 2.45) is 0 Å². The number of ether oxygens (including phenoxy) is 1. The molecule has 0 saturated carbocycles. The Hall–Kier alpha value is -2.86. The van der Waals surface area contributed by atoms with E-state index in [4.69, 9.17) is 20.9 Å². The molecular weight excluding hydrogens is 342 g/mol. The van der Waals surface area contributed by atoms with Gasteiger partial charge in [-0.3, -0.25) is 4.79 Å². The SMILES string of the molecule is Cc1nc(-c2cccc(NC(=O)CCOc3cccc(Cl)c3)c2)no1. The Morgan fingerprint density at radius 3 is 2.84 bits per heavy atom. The first kappa shape index (κ1) is 17.0. The largest absolute Gasteiger partial charge is 0.493 e. The molecule has 0 bridgehead atoms. The van der Waals surface area contributed by atoms with Crippen LogP contribution in [0.5, 0.6) is 5.75 Å². The molecule has 0 saturated heterocycles. The van der Waals surface area contributed by atoms with Gasteiger partial charge in [0.25, 0.3) is 0 Å². The Morgan fingerprint density at radius 2 is 2.08 bits per heavy atom. The lowest BCUT2D eigenvalue weighted by Gasteiger charge is -2.08. The van der Waals surface area contributed by atoms with Crippen LogP contribution in [0.15, 0.2) is 53.1 Å². The Morgan fingerprint density at radius 1 is 1.24 bits per heavy atom. The van der Waals surface area contributed by atoms with Gasteiger partial charge in [-0.05, 0) is 30.3 Å². The second-order valence-corrected chi connectivity index (χ2v) is 5.76. The minimum Gasteiger partial charge on any atom is -0.493 e. The molecule has 1 N–H and O–H groups in total. The van der Waals surface area contributed by atoms with Gasteiger partial charge in [0.15, 0.2) is 0 Å². The Balaban J connectivity index is 1.54. The van der Waals surface area contributed by atoms with Crippen molar-refractivity contribution in [2.75, 3.05) is 11.9 Å². The number of carbonyl (C=O) groups excluding carboxylic acids is 1. The van der Waals surface area contributed by atoms with E-state index < -0.39 is 0 Å². The number of benzene rings is 2. The van der Waals surface area contributed by atoms with Crippen LogP contribution in [0.4, 0.5) is 5.69 Å². The molecular formula is C18H16ClN3O3. The molecule has 25 heavy (non-hydrogen) atoms. The van der Waals surface area contributed by atoms with Crippen molar-refractivity contribution in [1.29, 1.82) is 0 Å². The number of aromatic nitrogens is 2. The first-order valence-electron chi connectivity index (χ1n) is 7.69. The summed E-state index contributed by atoms with van der Waals surface area (Å²) < 4.78 is 10.5. The number of hydrogen-bond donors (Lipinski definition) is 1. The minimum atomic E-state index is -0.150. The van der Waals surface area contributed by atoms with Gasteiger partial charge in [0.2, 0.25) is 17.6 Å². The summed E-state index contributed by atoms with van der Waals surface area (Å²) in [6.45, 7) is 1.98. The van der Waals surface area contributed by atoms with Gasteiger partial charge in [-0.15, -0.1) is 0 Å². The zero-order chi connectivity index (χ0) is 17.6. The van der Waals surface area contributed by atoms with Crippen LogP contribution in [0.1, 0.15) is 12.3 Å². The average Bonchev–Trinajstić information content (AvgIpc) is 3.02. The smallest absolute Gasteiger partial charge is 0.227 e. The number of aryl methyl sites for hydroxylation is 1. The van der Waals surface area contributed by atoms with Gasteiger partial charge in [-0.25, -0.2) is 0 Å². The fourth-order valence-electron chi connectivity index (χ4n) is 2.19. The van der Waals surface area contributed by atoms with Crippen LogP contribution in [0.2, 0.25) is 5.02 Å². The maximum atomic E-state index is 12.1. The number of nitrogens with zero attached hydrogens (tertiary/aromatic N) is 2. The molecule has 0 fully saturated rings. The van der Waals surface area contributed by atoms with Gasteiger partial charge in [0, 0.05) is 23.2 Å². The van der Waals surface area contributed by atoms with Crippen molar-refractivity contribution in [3.8, 4) is 17.1 Å². The fraction of sp³-hybridized carbons (Fsp3) is 0.167. The van der Waals surface area contributed by atoms with E-state index in [2.05, 4.69) is 15.5 Å². The van der Waals surface area contributed by atoms with Crippen LogP contribution in [-0.2, 0) is 4.79 Å². The lowest BCUT2D eigenvalue weighted by Crippen LogP contribution is -2.15. The molecule has 0 spiro atoms. The molecule has 128 valence electrons. The van der Waals surface area contributed by atoms with E-state index >= 15 is 0 Å². The van der Waals surface area contributed by atoms with Crippen molar-refractivity contribution in [3.63, 3.8) is 0 Å². The summed E-state index contributed by atoms with van der Waals surface area (Å²) in [6.07, 6.45) is 0.220. The maximum absolute atomic E-state index is 12.1. The topological polar surface area (TPSA) is 77.2 Å². The zero-order valence-corrected chi connectivity index (χ0v) is 14.3. The Kier molecular flexibility index (Phi) is 5.30. The van der Waals surface area contributed by atoms with Crippen LogP contribution in [0, 0.1) is 6.92 Å². The highest BCUT2D eigenvalue weighted by Gasteiger charge is 2.08. The molecule has 2 aromatic carbocycles. The van der Waals surface area contributed by atoms with E-state index in [0.717, 1.165) is 5.56 Å². The van der Waals surface area contributed by atoms with Crippen LogP contribution < -0.4 is 10.1 Å². The minimum absolute atomic E-state index is 0.150. The molecule has 1 amide bonds. The number of amides is 1. The fourth-order valence-corrected chi connectivity index (χ4v) is 2.37. The number of rotatable bonds is 6. The third-order valence-corrected chi connectivity index (χ3v) is 3.56. The van der Waals surface area contributed by atoms with Crippen molar-refractivity contribution in [3.05, 3.63) is 59.4 Å². The highest BCUT2D eigenvalue weighted by atomic mass is 35.5. The van der Waals surface area contributed by atoms with Crippen LogP contribution in [0.3, 0.4) is 0 Å². The summed E-state index contributed by atoms with van der Waals surface area (Å²) in [5, 5.41) is 7.29. The van der Waals surface area contributed by atoms with Crippen molar-refractivity contribution < 1.29 is 14.1 Å². The van der Waals surface area contributed by atoms with Gasteiger partial charge in [-0.1, -0.05) is 35.0 Å². The molecule has 0 aliphatic rings.